The molecule has 0 N–H and O–H groups in total. The van der Waals surface area contributed by atoms with Gasteiger partial charge in [-0.3, -0.25) is 0 Å². The first-order valence-electron chi connectivity index (χ1n) is 7.78. The van der Waals surface area contributed by atoms with Crippen LogP contribution in [0.5, 0.6) is 5.75 Å². The highest BCUT2D eigenvalue weighted by Crippen LogP contribution is 2.13. The van der Waals surface area contributed by atoms with E-state index in [1.54, 1.807) is 0 Å². The van der Waals surface area contributed by atoms with Gasteiger partial charge in [-0.15, -0.1) is 0 Å². The summed E-state index contributed by atoms with van der Waals surface area (Å²) in [6.07, 6.45) is 2.51. The van der Waals surface area contributed by atoms with Crippen LogP contribution in [0.25, 0.3) is 11.0 Å². The van der Waals surface area contributed by atoms with Crippen molar-refractivity contribution in [3.63, 3.8) is 0 Å². The monoisotopic (exact) mass is 320 g/mol. The number of para-hydroxylation sites is 3. The van der Waals surface area contributed by atoms with Crippen LogP contribution in [0.15, 0.2) is 65.4 Å². The Bertz CT molecular complexity index is 930. The van der Waals surface area contributed by atoms with Gasteiger partial charge >= 0.3 is 0 Å². The number of ether oxygens (including phenoxy) is 1. The van der Waals surface area contributed by atoms with Crippen LogP contribution in [0.3, 0.4) is 0 Å². The molecule has 6 nitrogen and oxygen atoms in total. The van der Waals surface area contributed by atoms with E-state index in [0.29, 0.717) is 18.1 Å². The van der Waals surface area contributed by atoms with Gasteiger partial charge in [0.15, 0.2) is 12.4 Å². The molecule has 0 radical (unpaired) electrons. The van der Waals surface area contributed by atoms with Gasteiger partial charge in [-0.2, -0.15) is 4.98 Å². The molecule has 0 atom stereocenters. The summed E-state index contributed by atoms with van der Waals surface area (Å²) in [4.78, 5) is 8.75. The highest BCUT2D eigenvalue weighted by Gasteiger charge is 2.08. The molecule has 0 unspecified atom stereocenters. The largest absolute Gasteiger partial charge is 0.484 e. The molecule has 0 spiro atoms. The fourth-order valence-electron chi connectivity index (χ4n) is 2.52. The van der Waals surface area contributed by atoms with E-state index in [4.69, 9.17) is 9.26 Å². The molecule has 0 saturated carbocycles. The molecule has 4 rings (SSSR count). The fraction of sp³-hybridized carbons (Fsp3) is 0.167. The van der Waals surface area contributed by atoms with Gasteiger partial charge in [-0.05, 0) is 24.3 Å². The zero-order chi connectivity index (χ0) is 16.2. The van der Waals surface area contributed by atoms with Crippen molar-refractivity contribution in [2.75, 3.05) is 0 Å². The molecule has 0 bridgehead atoms. The summed E-state index contributed by atoms with van der Waals surface area (Å²) in [5.41, 5.74) is 2.09. The number of aromatic nitrogens is 4. The lowest BCUT2D eigenvalue weighted by atomic mass is 10.3. The molecule has 0 aliphatic heterocycles. The zero-order valence-corrected chi connectivity index (χ0v) is 13.0. The van der Waals surface area contributed by atoms with Crippen LogP contribution < -0.4 is 4.74 Å². The minimum atomic E-state index is 0.269. The minimum Gasteiger partial charge on any atom is -0.484 e. The SMILES string of the molecule is c1ccc(OCc2nc(CCn3cnc4ccccc43)no2)cc1. The van der Waals surface area contributed by atoms with E-state index in [9.17, 15) is 0 Å². The molecule has 6 heteroatoms. The summed E-state index contributed by atoms with van der Waals surface area (Å²) >= 11 is 0. The topological polar surface area (TPSA) is 66.0 Å². The third kappa shape index (κ3) is 3.12. The highest BCUT2D eigenvalue weighted by atomic mass is 16.5. The Labute approximate surface area is 138 Å². The van der Waals surface area contributed by atoms with Gasteiger partial charge < -0.3 is 13.8 Å². The number of hydrogen-bond donors (Lipinski definition) is 0. The molecular weight excluding hydrogens is 304 g/mol. The Balaban J connectivity index is 1.37. The molecule has 2 aromatic carbocycles. The van der Waals surface area contributed by atoms with Crippen LogP contribution in [0, 0.1) is 0 Å². The number of nitrogens with zero attached hydrogens (tertiary/aromatic N) is 4. The Hall–Kier alpha value is -3.15. The number of rotatable bonds is 6. The lowest BCUT2D eigenvalue weighted by molar-refractivity contribution is 0.242. The summed E-state index contributed by atoms with van der Waals surface area (Å²) in [6.45, 7) is 1.02. The quantitative estimate of drug-likeness (QED) is 0.545. The summed E-state index contributed by atoms with van der Waals surface area (Å²) in [6, 6.07) is 17.6. The van der Waals surface area contributed by atoms with E-state index < -0.39 is 0 Å². The molecule has 4 aromatic rings. The molecule has 120 valence electrons. The van der Waals surface area contributed by atoms with Gasteiger partial charge in [0, 0.05) is 13.0 Å². The molecule has 0 saturated heterocycles. The van der Waals surface area contributed by atoms with Crippen LogP contribution in [-0.4, -0.2) is 19.7 Å². The second-order valence-corrected chi connectivity index (χ2v) is 5.38. The first kappa shape index (κ1) is 14.4. The molecular formula is C18H16N4O2. The summed E-state index contributed by atoms with van der Waals surface area (Å²) < 4.78 is 12.9. The summed E-state index contributed by atoms with van der Waals surface area (Å²) in [5, 5.41) is 4.01. The Morgan fingerprint density at radius 1 is 1.00 bits per heavy atom. The zero-order valence-electron chi connectivity index (χ0n) is 13.0. The van der Waals surface area contributed by atoms with E-state index >= 15 is 0 Å². The normalized spacial score (nSPS) is 11.0. The Morgan fingerprint density at radius 3 is 2.75 bits per heavy atom. The summed E-state index contributed by atoms with van der Waals surface area (Å²) in [5.74, 6) is 1.92. The van der Waals surface area contributed by atoms with Crippen molar-refractivity contribution in [3.05, 3.63) is 72.6 Å². The second-order valence-electron chi connectivity index (χ2n) is 5.38. The van der Waals surface area contributed by atoms with Crippen molar-refractivity contribution in [1.29, 1.82) is 0 Å². The third-order valence-electron chi connectivity index (χ3n) is 3.72. The van der Waals surface area contributed by atoms with Crippen LogP contribution in [0.2, 0.25) is 0 Å². The highest BCUT2D eigenvalue weighted by molar-refractivity contribution is 5.74. The molecule has 24 heavy (non-hydrogen) atoms. The summed E-state index contributed by atoms with van der Waals surface area (Å²) in [7, 11) is 0. The third-order valence-corrected chi connectivity index (χ3v) is 3.72. The van der Waals surface area contributed by atoms with Crippen molar-refractivity contribution in [1.82, 2.24) is 19.7 Å². The van der Waals surface area contributed by atoms with E-state index in [1.165, 1.54) is 0 Å². The van der Waals surface area contributed by atoms with Gasteiger partial charge in [0.1, 0.15) is 5.75 Å². The van der Waals surface area contributed by atoms with Crippen LogP contribution in [0.4, 0.5) is 0 Å². The van der Waals surface area contributed by atoms with E-state index in [2.05, 4.69) is 25.8 Å². The van der Waals surface area contributed by atoms with Gasteiger partial charge in [0.05, 0.1) is 17.4 Å². The van der Waals surface area contributed by atoms with Gasteiger partial charge in [0.2, 0.25) is 0 Å². The average Bonchev–Trinajstić information content (AvgIpc) is 3.26. The molecule has 0 aliphatic carbocycles. The Morgan fingerprint density at radius 2 is 1.83 bits per heavy atom. The first-order valence-corrected chi connectivity index (χ1v) is 7.78. The smallest absolute Gasteiger partial charge is 0.264 e. The van der Waals surface area contributed by atoms with Crippen LogP contribution in [-0.2, 0) is 19.6 Å². The lowest BCUT2D eigenvalue weighted by Gasteiger charge is -2.01. The second kappa shape index (κ2) is 6.54. The van der Waals surface area contributed by atoms with Crippen molar-refractivity contribution < 1.29 is 9.26 Å². The molecule has 0 amide bonds. The molecule has 2 aromatic heterocycles. The Kier molecular flexibility index (Phi) is 3.93. The first-order chi connectivity index (χ1) is 11.9. The maximum Gasteiger partial charge on any atom is 0.264 e. The number of benzene rings is 2. The van der Waals surface area contributed by atoms with Crippen LogP contribution in [0.1, 0.15) is 11.7 Å². The molecule has 0 fully saturated rings. The van der Waals surface area contributed by atoms with Crippen molar-refractivity contribution in [2.24, 2.45) is 0 Å². The predicted octanol–water partition coefficient (Wildman–Crippen LogP) is 3.24. The number of imidazole rings is 1. The van der Waals surface area contributed by atoms with Gasteiger partial charge in [-0.1, -0.05) is 35.5 Å². The van der Waals surface area contributed by atoms with Crippen LogP contribution >= 0.6 is 0 Å². The standard InChI is InChI=1S/C18H16N4O2/c1-2-6-14(7-3-1)23-12-18-20-17(21-24-18)10-11-22-13-19-15-8-4-5-9-16(15)22/h1-9,13H,10-12H2. The van der Waals surface area contributed by atoms with E-state index in [-0.39, 0.29) is 6.61 Å². The van der Waals surface area contributed by atoms with Crippen molar-refractivity contribution in [2.45, 2.75) is 19.6 Å². The minimum absolute atomic E-state index is 0.269. The molecule has 0 aliphatic rings. The number of hydrogen-bond acceptors (Lipinski definition) is 5. The van der Waals surface area contributed by atoms with Gasteiger partial charge in [0.25, 0.3) is 5.89 Å². The number of fused-ring (bicyclic) bond motifs is 1. The lowest BCUT2D eigenvalue weighted by Crippen LogP contribution is -2.01. The molecule has 2 heterocycles. The maximum atomic E-state index is 5.60. The van der Waals surface area contributed by atoms with Crippen molar-refractivity contribution >= 4 is 11.0 Å². The predicted molar refractivity (Wildman–Crippen MR) is 88.5 cm³/mol. The van der Waals surface area contributed by atoms with E-state index in [0.717, 1.165) is 23.3 Å². The van der Waals surface area contributed by atoms with Crippen molar-refractivity contribution in [3.8, 4) is 5.75 Å². The fourth-order valence-corrected chi connectivity index (χ4v) is 2.52. The maximum absolute atomic E-state index is 5.60. The van der Waals surface area contributed by atoms with E-state index in [1.807, 2.05) is 54.9 Å². The number of aryl methyl sites for hydroxylation is 2. The van der Waals surface area contributed by atoms with Gasteiger partial charge in [-0.25, -0.2) is 4.98 Å². The average molecular weight is 320 g/mol.